The van der Waals surface area contributed by atoms with Crippen molar-refractivity contribution in [2.75, 3.05) is 6.61 Å². The third-order valence-electron chi connectivity index (χ3n) is 3.97. The van der Waals surface area contributed by atoms with Gasteiger partial charge in [0.05, 0.1) is 12.3 Å². The van der Waals surface area contributed by atoms with Gasteiger partial charge in [0, 0.05) is 18.3 Å². The quantitative estimate of drug-likeness (QED) is 0.938. The molecule has 0 bridgehead atoms. The number of fused-ring (bicyclic) bond motifs is 1. The summed E-state index contributed by atoms with van der Waals surface area (Å²) < 4.78 is 7.44. The second-order valence-electron chi connectivity index (χ2n) is 5.21. The van der Waals surface area contributed by atoms with Crippen molar-refractivity contribution in [2.45, 2.75) is 25.7 Å². The second-order valence-corrected chi connectivity index (χ2v) is 5.21. The number of nitrogens with zero attached hydrogens (tertiary/aromatic N) is 2. The molecule has 2 aromatic rings. The van der Waals surface area contributed by atoms with E-state index in [1.807, 2.05) is 42.8 Å². The van der Waals surface area contributed by atoms with Gasteiger partial charge in [-0.3, -0.25) is 4.79 Å². The normalized spacial score (nSPS) is 16.8. The Bertz CT molecular complexity index is 674. The Morgan fingerprint density at radius 2 is 2.14 bits per heavy atom. The number of aliphatic carboxylic acids is 1. The fourth-order valence-corrected chi connectivity index (χ4v) is 2.91. The predicted octanol–water partition coefficient (Wildman–Crippen LogP) is 2.60. The average Bonchev–Trinajstić information content (AvgIpc) is 3.01. The summed E-state index contributed by atoms with van der Waals surface area (Å²) in [6.45, 7) is 2.58. The number of aromatic nitrogens is 2. The minimum Gasteiger partial charge on any atom is -0.494 e. The Balaban J connectivity index is 1.97. The van der Waals surface area contributed by atoms with Crippen LogP contribution in [-0.4, -0.2) is 27.2 Å². The highest BCUT2D eigenvalue weighted by atomic mass is 16.5. The van der Waals surface area contributed by atoms with Gasteiger partial charge < -0.3 is 14.4 Å². The van der Waals surface area contributed by atoms with E-state index in [2.05, 4.69) is 4.98 Å². The highest BCUT2D eigenvalue weighted by molar-refractivity contribution is 5.77. The molecule has 1 aromatic heterocycles. The third-order valence-corrected chi connectivity index (χ3v) is 3.97. The van der Waals surface area contributed by atoms with E-state index in [0.29, 0.717) is 18.7 Å². The van der Waals surface area contributed by atoms with E-state index in [0.717, 1.165) is 29.3 Å². The molecule has 0 saturated carbocycles. The lowest BCUT2D eigenvalue weighted by Crippen LogP contribution is -2.08. The molecule has 1 heterocycles. The number of imidazole rings is 1. The predicted molar refractivity (Wildman–Crippen MR) is 78.5 cm³/mol. The fraction of sp³-hybridized carbons (Fsp3) is 0.375. The molecule has 0 spiro atoms. The smallest absolute Gasteiger partial charge is 0.312 e. The molecule has 5 heteroatoms. The van der Waals surface area contributed by atoms with E-state index in [-0.39, 0.29) is 0 Å². The van der Waals surface area contributed by atoms with Crippen molar-refractivity contribution < 1.29 is 14.6 Å². The first-order valence-corrected chi connectivity index (χ1v) is 7.13. The molecule has 0 fully saturated rings. The molecule has 1 atom stereocenters. The van der Waals surface area contributed by atoms with Crippen molar-refractivity contribution in [3.05, 3.63) is 35.7 Å². The highest BCUT2D eigenvalue weighted by Crippen LogP contribution is 2.35. The molecular weight excluding hydrogens is 268 g/mol. The zero-order valence-electron chi connectivity index (χ0n) is 12.2. The van der Waals surface area contributed by atoms with Crippen molar-refractivity contribution in [3.63, 3.8) is 0 Å². The van der Waals surface area contributed by atoms with Gasteiger partial charge in [-0.25, -0.2) is 4.98 Å². The van der Waals surface area contributed by atoms with Gasteiger partial charge in [0.1, 0.15) is 17.5 Å². The molecule has 110 valence electrons. The van der Waals surface area contributed by atoms with Crippen LogP contribution in [0.4, 0.5) is 0 Å². The van der Waals surface area contributed by atoms with Crippen LogP contribution in [0.15, 0.2) is 24.3 Å². The maximum absolute atomic E-state index is 11.3. The minimum atomic E-state index is -0.787. The maximum atomic E-state index is 11.3. The fourth-order valence-electron chi connectivity index (χ4n) is 2.91. The number of rotatable bonds is 4. The molecule has 1 aliphatic rings. The minimum absolute atomic E-state index is 0.470. The van der Waals surface area contributed by atoms with Crippen LogP contribution in [0.5, 0.6) is 5.75 Å². The van der Waals surface area contributed by atoms with Gasteiger partial charge in [-0.1, -0.05) is 0 Å². The summed E-state index contributed by atoms with van der Waals surface area (Å²) in [5.74, 6) is 0.383. The molecule has 1 N–H and O–H groups in total. The van der Waals surface area contributed by atoms with Crippen LogP contribution >= 0.6 is 0 Å². The number of carboxylic acids is 1. The summed E-state index contributed by atoms with van der Waals surface area (Å²) in [4.78, 5) is 15.9. The van der Waals surface area contributed by atoms with Gasteiger partial charge in [0.25, 0.3) is 0 Å². The Hall–Kier alpha value is -2.30. The van der Waals surface area contributed by atoms with E-state index in [1.165, 1.54) is 0 Å². The van der Waals surface area contributed by atoms with Crippen LogP contribution in [-0.2, 0) is 18.3 Å². The number of carbonyl (C=O) groups is 1. The van der Waals surface area contributed by atoms with E-state index in [4.69, 9.17) is 4.74 Å². The van der Waals surface area contributed by atoms with Crippen molar-refractivity contribution in [2.24, 2.45) is 7.05 Å². The van der Waals surface area contributed by atoms with Crippen LogP contribution in [0, 0.1) is 0 Å². The van der Waals surface area contributed by atoms with Gasteiger partial charge >= 0.3 is 5.97 Å². The highest BCUT2D eigenvalue weighted by Gasteiger charge is 2.33. The Kier molecular flexibility index (Phi) is 3.41. The molecule has 21 heavy (non-hydrogen) atoms. The lowest BCUT2D eigenvalue weighted by atomic mass is 10.1. The lowest BCUT2D eigenvalue weighted by molar-refractivity contribution is -0.138. The van der Waals surface area contributed by atoms with Crippen molar-refractivity contribution in [1.29, 1.82) is 0 Å². The monoisotopic (exact) mass is 286 g/mol. The van der Waals surface area contributed by atoms with Crippen molar-refractivity contribution >= 4 is 5.97 Å². The topological polar surface area (TPSA) is 64.4 Å². The zero-order chi connectivity index (χ0) is 15.0. The Morgan fingerprint density at radius 1 is 1.43 bits per heavy atom. The maximum Gasteiger partial charge on any atom is 0.312 e. The molecule has 1 unspecified atom stereocenters. The Morgan fingerprint density at radius 3 is 2.76 bits per heavy atom. The molecule has 1 aliphatic carbocycles. The number of benzene rings is 1. The summed E-state index contributed by atoms with van der Waals surface area (Å²) in [5, 5.41) is 9.26. The molecular formula is C16H18N2O3. The molecule has 3 rings (SSSR count). The summed E-state index contributed by atoms with van der Waals surface area (Å²) in [5.41, 5.74) is 2.72. The SMILES string of the molecule is CCOc1ccc(-c2nc3c(n2C)CCC3C(=O)O)cc1. The van der Waals surface area contributed by atoms with Crippen molar-refractivity contribution in [1.82, 2.24) is 9.55 Å². The van der Waals surface area contributed by atoms with Crippen LogP contribution in [0.1, 0.15) is 30.7 Å². The third kappa shape index (κ3) is 2.28. The Labute approximate surface area is 123 Å². The second kappa shape index (κ2) is 5.24. The standard InChI is InChI=1S/C16H18N2O3/c1-3-21-11-6-4-10(5-7-11)15-17-14-12(16(19)20)8-9-13(14)18(15)2/h4-7,12H,3,8-9H2,1-2H3,(H,19,20). The van der Waals surface area contributed by atoms with Gasteiger partial charge in [-0.2, -0.15) is 0 Å². The molecule has 0 saturated heterocycles. The van der Waals surface area contributed by atoms with Crippen LogP contribution < -0.4 is 4.74 Å². The van der Waals surface area contributed by atoms with Gasteiger partial charge in [0.15, 0.2) is 0 Å². The van der Waals surface area contributed by atoms with Crippen molar-refractivity contribution in [3.8, 4) is 17.1 Å². The number of hydrogen-bond donors (Lipinski definition) is 1. The lowest BCUT2D eigenvalue weighted by Gasteiger charge is -2.07. The van der Waals surface area contributed by atoms with E-state index < -0.39 is 11.9 Å². The summed E-state index contributed by atoms with van der Waals surface area (Å²) in [6.07, 6.45) is 1.41. The first-order valence-electron chi connectivity index (χ1n) is 7.13. The number of hydrogen-bond acceptors (Lipinski definition) is 3. The number of ether oxygens (including phenoxy) is 1. The van der Waals surface area contributed by atoms with E-state index in [9.17, 15) is 9.90 Å². The number of carboxylic acid groups (broad SMARTS) is 1. The molecule has 0 radical (unpaired) electrons. The summed E-state index contributed by atoms with van der Waals surface area (Å²) >= 11 is 0. The van der Waals surface area contributed by atoms with E-state index in [1.54, 1.807) is 0 Å². The van der Waals surface area contributed by atoms with Gasteiger partial charge in [-0.15, -0.1) is 0 Å². The van der Waals surface area contributed by atoms with E-state index >= 15 is 0 Å². The summed E-state index contributed by atoms with van der Waals surface area (Å²) in [7, 11) is 1.95. The van der Waals surface area contributed by atoms with Crippen LogP contribution in [0.25, 0.3) is 11.4 Å². The molecule has 5 nitrogen and oxygen atoms in total. The van der Waals surface area contributed by atoms with Gasteiger partial charge in [0.2, 0.25) is 0 Å². The van der Waals surface area contributed by atoms with Gasteiger partial charge in [-0.05, 0) is 44.0 Å². The molecule has 1 aromatic carbocycles. The van der Waals surface area contributed by atoms with Crippen LogP contribution in [0.3, 0.4) is 0 Å². The zero-order valence-corrected chi connectivity index (χ0v) is 12.2. The van der Waals surface area contributed by atoms with Crippen LogP contribution in [0.2, 0.25) is 0 Å². The molecule has 0 aliphatic heterocycles. The first kappa shape index (κ1) is 13.7. The largest absolute Gasteiger partial charge is 0.494 e. The summed E-state index contributed by atoms with van der Waals surface area (Å²) in [6, 6.07) is 7.73. The average molecular weight is 286 g/mol. The molecule has 0 amide bonds. The first-order chi connectivity index (χ1) is 10.1.